The minimum absolute atomic E-state index is 0.253. The molecular formula is C8H12ClN5. The van der Waals surface area contributed by atoms with Crippen LogP contribution in [-0.2, 0) is 0 Å². The second-order valence-corrected chi connectivity index (χ2v) is 3.73. The van der Waals surface area contributed by atoms with Gasteiger partial charge in [-0.3, -0.25) is 0 Å². The molecule has 1 aromatic heterocycles. The standard InChI is InChI=1S/C8H12ClN5/c1-4(2)12-7-5-6(11-3-10-5)13-8(9)14-7/h4,10H,3H2,1-2H3,(H2,11,12,13,14). The van der Waals surface area contributed by atoms with Crippen LogP contribution in [0.1, 0.15) is 13.8 Å². The van der Waals surface area contributed by atoms with Crippen LogP contribution in [0.3, 0.4) is 0 Å². The molecule has 0 atom stereocenters. The zero-order valence-corrected chi connectivity index (χ0v) is 8.81. The van der Waals surface area contributed by atoms with Gasteiger partial charge in [0.1, 0.15) is 5.69 Å². The van der Waals surface area contributed by atoms with Gasteiger partial charge in [-0.2, -0.15) is 9.97 Å². The third-order valence-electron chi connectivity index (χ3n) is 1.83. The van der Waals surface area contributed by atoms with Crippen molar-refractivity contribution >= 4 is 28.9 Å². The number of nitrogens with zero attached hydrogens (tertiary/aromatic N) is 2. The van der Waals surface area contributed by atoms with E-state index in [2.05, 4.69) is 25.9 Å². The minimum atomic E-state index is 0.253. The van der Waals surface area contributed by atoms with Crippen molar-refractivity contribution in [3.8, 4) is 0 Å². The highest BCUT2D eigenvalue weighted by molar-refractivity contribution is 6.28. The van der Waals surface area contributed by atoms with Gasteiger partial charge in [0.25, 0.3) is 0 Å². The van der Waals surface area contributed by atoms with Crippen LogP contribution >= 0.6 is 11.6 Å². The number of halogens is 1. The van der Waals surface area contributed by atoms with Crippen LogP contribution in [0.4, 0.5) is 17.3 Å². The smallest absolute Gasteiger partial charge is 0.226 e. The molecule has 0 amide bonds. The van der Waals surface area contributed by atoms with Crippen LogP contribution in [0.5, 0.6) is 0 Å². The third kappa shape index (κ3) is 1.68. The minimum Gasteiger partial charge on any atom is -0.366 e. The third-order valence-corrected chi connectivity index (χ3v) is 2.00. The molecule has 2 heterocycles. The largest absolute Gasteiger partial charge is 0.366 e. The zero-order valence-electron chi connectivity index (χ0n) is 8.06. The van der Waals surface area contributed by atoms with E-state index >= 15 is 0 Å². The summed E-state index contributed by atoms with van der Waals surface area (Å²) >= 11 is 5.78. The lowest BCUT2D eigenvalue weighted by Gasteiger charge is -2.12. The van der Waals surface area contributed by atoms with Crippen LogP contribution in [0, 0.1) is 0 Å². The molecule has 0 radical (unpaired) electrons. The summed E-state index contributed by atoms with van der Waals surface area (Å²) in [6.45, 7) is 4.76. The molecule has 6 heteroatoms. The van der Waals surface area contributed by atoms with E-state index < -0.39 is 0 Å². The molecule has 2 rings (SSSR count). The van der Waals surface area contributed by atoms with E-state index in [1.54, 1.807) is 0 Å². The van der Waals surface area contributed by atoms with E-state index in [9.17, 15) is 0 Å². The molecule has 0 aliphatic carbocycles. The lowest BCUT2D eigenvalue weighted by atomic mass is 10.3. The second-order valence-electron chi connectivity index (χ2n) is 3.39. The van der Waals surface area contributed by atoms with E-state index in [0.717, 1.165) is 17.3 Å². The first-order valence-electron chi connectivity index (χ1n) is 4.48. The average molecular weight is 214 g/mol. The van der Waals surface area contributed by atoms with Gasteiger partial charge >= 0.3 is 0 Å². The van der Waals surface area contributed by atoms with Crippen LogP contribution < -0.4 is 16.0 Å². The van der Waals surface area contributed by atoms with Gasteiger partial charge in [0.05, 0.1) is 6.67 Å². The van der Waals surface area contributed by atoms with Crippen molar-refractivity contribution in [3.05, 3.63) is 5.28 Å². The maximum Gasteiger partial charge on any atom is 0.226 e. The molecule has 14 heavy (non-hydrogen) atoms. The van der Waals surface area contributed by atoms with E-state index in [1.165, 1.54) is 0 Å². The van der Waals surface area contributed by atoms with Crippen LogP contribution in [0.15, 0.2) is 0 Å². The number of anilines is 3. The van der Waals surface area contributed by atoms with E-state index in [1.807, 2.05) is 13.8 Å². The van der Waals surface area contributed by atoms with Gasteiger partial charge in [-0.05, 0) is 25.4 Å². The molecule has 0 saturated carbocycles. The van der Waals surface area contributed by atoms with Crippen molar-refractivity contribution in [2.75, 3.05) is 22.6 Å². The molecule has 1 aromatic rings. The van der Waals surface area contributed by atoms with Crippen molar-refractivity contribution in [1.82, 2.24) is 9.97 Å². The second kappa shape index (κ2) is 3.49. The number of hydrogen-bond donors (Lipinski definition) is 3. The SMILES string of the molecule is CC(C)Nc1nc(Cl)nc2c1NCN2. The number of nitrogens with one attached hydrogen (secondary N) is 3. The highest BCUT2D eigenvalue weighted by atomic mass is 35.5. The van der Waals surface area contributed by atoms with E-state index in [4.69, 9.17) is 11.6 Å². The zero-order chi connectivity index (χ0) is 10.1. The topological polar surface area (TPSA) is 61.9 Å². The first-order valence-corrected chi connectivity index (χ1v) is 4.86. The van der Waals surface area contributed by atoms with E-state index in [-0.39, 0.29) is 5.28 Å². The summed E-state index contributed by atoms with van der Waals surface area (Å²) < 4.78 is 0. The fourth-order valence-electron chi connectivity index (χ4n) is 1.32. The van der Waals surface area contributed by atoms with Crippen LogP contribution in [0.25, 0.3) is 0 Å². The predicted octanol–water partition coefficient (Wildman–Crippen LogP) is 1.75. The molecule has 0 aromatic carbocycles. The fraction of sp³-hybridized carbons (Fsp3) is 0.500. The molecule has 0 bridgehead atoms. The quantitative estimate of drug-likeness (QED) is 0.654. The Kier molecular flexibility index (Phi) is 2.33. The Morgan fingerprint density at radius 3 is 2.86 bits per heavy atom. The van der Waals surface area contributed by atoms with Gasteiger partial charge in [-0.15, -0.1) is 0 Å². The lowest BCUT2D eigenvalue weighted by Crippen LogP contribution is -2.12. The van der Waals surface area contributed by atoms with Crippen molar-refractivity contribution in [1.29, 1.82) is 0 Å². The summed E-state index contributed by atoms with van der Waals surface area (Å²) in [6, 6.07) is 0.312. The fourth-order valence-corrected chi connectivity index (χ4v) is 1.49. The normalized spacial score (nSPS) is 13.4. The highest BCUT2D eigenvalue weighted by Crippen LogP contribution is 2.32. The van der Waals surface area contributed by atoms with Crippen molar-refractivity contribution in [3.63, 3.8) is 0 Å². The first-order chi connectivity index (χ1) is 6.66. The van der Waals surface area contributed by atoms with E-state index in [0.29, 0.717) is 12.7 Å². The Balaban J connectivity index is 2.38. The Morgan fingerprint density at radius 2 is 2.14 bits per heavy atom. The summed E-state index contributed by atoms with van der Waals surface area (Å²) in [4.78, 5) is 8.19. The Bertz CT molecular complexity index is 352. The molecule has 76 valence electrons. The lowest BCUT2D eigenvalue weighted by molar-refractivity contribution is 0.888. The molecule has 3 N–H and O–H groups in total. The van der Waals surface area contributed by atoms with Gasteiger partial charge in [-0.25, -0.2) is 0 Å². The summed E-state index contributed by atoms with van der Waals surface area (Å²) in [5, 5.41) is 9.67. The molecule has 1 aliphatic rings. The summed E-state index contributed by atoms with van der Waals surface area (Å²) in [5.41, 5.74) is 0.892. The number of fused-ring (bicyclic) bond motifs is 1. The number of rotatable bonds is 2. The van der Waals surface area contributed by atoms with Crippen molar-refractivity contribution in [2.24, 2.45) is 0 Å². The molecular weight excluding hydrogens is 202 g/mol. The molecule has 0 saturated heterocycles. The van der Waals surface area contributed by atoms with Gasteiger partial charge < -0.3 is 16.0 Å². The van der Waals surface area contributed by atoms with Crippen LogP contribution in [-0.4, -0.2) is 22.7 Å². The highest BCUT2D eigenvalue weighted by Gasteiger charge is 2.18. The average Bonchev–Trinajstić information content (AvgIpc) is 2.50. The maximum atomic E-state index is 5.78. The van der Waals surface area contributed by atoms with Gasteiger partial charge in [-0.1, -0.05) is 0 Å². The van der Waals surface area contributed by atoms with Crippen molar-refractivity contribution < 1.29 is 0 Å². The van der Waals surface area contributed by atoms with Gasteiger partial charge in [0.15, 0.2) is 11.6 Å². The van der Waals surface area contributed by atoms with Crippen LogP contribution in [0.2, 0.25) is 5.28 Å². The number of aromatic nitrogens is 2. The Morgan fingerprint density at radius 1 is 1.36 bits per heavy atom. The maximum absolute atomic E-state index is 5.78. The Labute approximate surface area is 87.3 Å². The summed E-state index contributed by atoms with van der Waals surface area (Å²) in [7, 11) is 0. The molecule has 1 aliphatic heterocycles. The molecule has 0 fully saturated rings. The Hall–Kier alpha value is -1.23. The van der Waals surface area contributed by atoms with Crippen molar-refractivity contribution in [2.45, 2.75) is 19.9 Å². The number of hydrogen-bond acceptors (Lipinski definition) is 5. The molecule has 5 nitrogen and oxygen atoms in total. The van der Waals surface area contributed by atoms with Gasteiger partial charge in [0.2, 0.25) is 5.28 Å². The first kappa shape index (κ1) is 9.33. The molecule has 0 spiro atoms. The summed E-state index contributed by atoms with van der Waals surface area (Å²) in [5.74, 6) is 1.51. The van der Waals surface area contributed by atoms with Gasteiger partial charge in [0, 0.05) is 6.04 Å². The molecule has 0 unspecified atom stereocenters. The monoisotopic (exact) mass is 213 g/mol. The summed E-state index contributed by atoms with van der Waals surface area (Å²) in [6.07, 6.45) is 0. The predicted molar refractivity (Wildman–Crippen MR) is 57.9 cm³/mol.